The molecule has 0 saturated carbocycles. The second-order valence-electron chi connectivity index (χ2n) is 9.35. The molecule has 0 unspecified atom stereocenters. The highest BCUT2D eigenvalue weighted by Crippen LogP contribution is 2.29. The molecule has 1 aromatic heterocycles. The number of aromatic nitrogens is 3. The Morgan fingerprint density at radius 1 is 1.29 bits per heavy atom. The molecule has 8 nitrogen and oxygen atoms in total. The van der Waals surface area contributed by atoms with E-state index in [0.29, 0.717) is 45.6 Å². The van der Waals surface area contributed by atoms with Gasteiger partial charge in [0.2, 0.25) is 5.91 Å². The lowest BCUT2D eigenvalue weighted by molar-refractivity contribution is -0.138. The quantitative estimate of drug-likeness (QED) is 0.661. The number of aliphatic hydroxyl groups is 1. The molecule has 0 radical (unpaired) electrons. The molecule has 2 aromatic rings. The van der Waals surface area contributed by atoms with Crippen molar-refractivity contribution in [2.45, 2.75) is 64.7 Å². The molecule has 0 aliphatic carbocycles. The number of benzene rings is 1. The summed E-state index contributed by atoms with van der Waals surface area (Å²) in [5.74, 6) is -0.0933. The average Bonchev–Trinajstić information content (AvgIpc) is 3.25. The summed E-state index contributed by atoms with van der Waals surface area (Å²) in [6.45, 7) is 5.90. The molecule has 0 saturated heterocycles. The Bertz CT molecular complexity index is 951. The number of hydrogen-bond donors (Lipinski definition) is 1. The number of aryl methyl sites for hydroxylation is 1. The van der Waals surface area contributed by atoms with E-state index in [1.807, 2.05) is 25.8 Å². The maximum absolute atomic E-state index is 12.9. The first-order valence-corrected chi connectivity index (χ1v) is 11.8. The van der Waals surface area contributed by atoms with Gasteiger partial charge >= 0.3 is 6.18 Å². The van der Waals surface area contributed by atoms with Gasteiger partial charge in [0.05, 0.1) is 42.8 Å². The third kappa shape index (κ3) is 7.49. The summed E-state index contributed by atoms with van der Waals surface area (Å²) < 4.78 is 46.6. The van der Waals surface area contributed by atoms with Crippen LogP contribution in [0.3, 0.4) is 0 Å². The van der Waals surface area contributed by atoms with Crippen molar-refractivity contribution >= 4 is 5.91 Å². The lowest BCUT2D eigenvalue weighted by Crippen LogP contribution is -2.47. The molecule has 35 heavy (non-hydrogen) atoms. The molecule has 1 amide bonds. The second kappa shape index (κ2) is 12.0. The molecule has 1 N–H and O–H groups in total. The van der Waals surface area contributed by atoms with Gasteiger partial charge in [-0.2, -0.15) is 13.2 Å². The number of hydrogen-bond acceptors (Lipinski definition) is 6. The maximum Gasteiger partial charge on any atom is 0.416 e. The first-order chi connectivity index (χ1) is 16.6. The lowest BCUT2D eigenvalue weighted by atomic mass is 10.0. The molecule has 3 atom stereocenters. The van der Waals surface area contributed by atoms with Crippen LogP contribution in [0.1, 0.15) is 43.5 Å². The van der Waals surface area contributed by atoms with Crippen molar-refractivity contribution in [2.24, 2.45) is 5.92 Å². The molecule has 11 heteroatoms. The topological polar surface area (TPSA) is 83.7 Å². The first kappa shape index (κ1) is 27.1. The van der Waals surface area contributed by atoms with Gasteiger partial charge in [-0.3, -0.25) is 9.69 Å². The van der Waals surface area contributed by atoms with E-state index in [1.54, 1.807) is 15.8 Å². The number of carbonyl (C=O) groups is 1. The van der Waals surface area contributed by atoms with Gasteiger partial charge < -0.3 is 14.7 Å². The Labute approximate surface area is 203 Å². The van der Waals surface area contributed by atoms with E-state index in [0.717, 1.165) is 23.4 Å². The fraction of sp³-hybridized carbons (Fsp3) is 0.625. The normalized spacial score (nSPS) is 21.4. The number of carbonyl (C=O) groups excluding carboxylic acids is 1. The van der Waals surface area contributed by atoms with E-state index in [2.05, 4.69) is 10.3 Å². The molecule has 194 valence electrons. The number of fused-ring (bicyclic) bond motifs is 1. The van der Waals surface area contributed by atoms with Gasteiger partial charge in [0.1, 0.15) is 0 Å². The van der Waals surface area contributed by atoms with Crippen molar-refractivity contribution in [3.05, 3.63) is 47.3 Å². The monoisotopic (exact) mass is 497 g/mol. The zero-order valence-corrected chi connectivity index (χ0v) is 20.4. The Kier molecular flexibility index (Phi) is 9.26. The largest absolute Gasteiger partial charge is 0.416 e. The van der Waals surface area contributed by atoms with Crippen molar-refractivity contribution in [1.82, 2.24) is 24.8 Å². The molecule has 0 spiro atoms. The Balaban J connectivity index is 1.75. The van der Waals surface area contributed by atoms with Crippen LogP contribution in [-0.4, -0.2) is 74.7 Å². The zero-order valence-electron chi connectivity index (χ0n) is 20.4. The molecule has 1 aliphatic rings. The van der Waals surface area contributed by atoms with Gasteiger partial charge in [-0.1, -0.05) is 24.3 Å². The summed E-state index contributed by atoms with van der Waals surface area (Å²) in [7, 11) is 1.88. The van der Waals surface area contributed by atoms with E-state index in [-0.39, 0.29) is 30.6 Å². The van der Waals surface area contributed by atoms with E-state index in [4.69, 9.17) is 4.74 Å². The van der Waals surface area contributed by atoms with Crippen LogP contribution in [0.5, 0.6) is 0 Å². The summed E-state index contributed by atoms with van der Waals surface area (Å²) >= 11 is 0. The number of halogens is 3. The molecule has 3 rings (SSSR count). The van der Waals surface area contributed by atoms with Crippen molar-refractivity contribution in [1.29, 1.82) is 0 Å². The summed E-state index contributed by atoms with van der Waals surface area (Å²) in [6.07, 6.45) is -2.04. The molecular weight excluding hydrogens is 463 g/mol. The predicted octanol–water partition coefficient (Wildman–Crippen LogP) is 2.95. The Morgan fingerprint density at radius 2 is 2.00 bits per heavy atom. The fourth-order valence-corrected chi connectivity index (χ4v) is 4.23. The number of likely N-dealkylation sites (N-methyl/N-ethyl adjacent to an activating group) is 1. The summed E-state index contributed by atoms with van der Waals surface area (Å²) in [4.78, 5) is 16.6. The smallest absolute Gasteiger partial charge is 0.394 e. The van der Waals surface area contributed by atoms with Crippen molar-refractivity contribution in [2.75, 3.05) is 26.7 Å². The van der Waals surface area contributed by atoms with Crippen LogP contribution < -0.4 is 0 Å². The number of nitrogens with zero attached hydrogens (tertiary/aromatic N) is 5. The van der Waals surface area contributed by atoms with E-state index < -0.39 is 11.7 Å². The molecule has 2 heterocycles. The van der Waals surface area contributed by atoms with Gasteiger partial charge in [-0.05, 0) is 38.1 Å². The number of ether oxygens (including phenoxy) is 1. The first-order valence-electron chi connectivity index (χ1n) is 11.8. The van der Waals surface area contributed by atoms with E-state index in [1.165, 1.54) is 12.1 Å². The van der Waals surface area contributed by atoms with E-state index in [9.17, 15) is 23.1 Å². The predicted molar refractivity (Wildman–Crippen MR) is 123 cm³/mol. The second-order valence-corrected chi connectivity index (χ2v) is 9.35. The van der Waals surface area contributed by atoms with Crippen LogP contribution in [0.25, 0.3) is 0 Å². The van der Waals surface area contributed by atoms with Gasteiger partial charge in [-0.25, -0.2) is 4.68 Å². The SMILES string of the molecule is C[C@@H]1CN([C@H](C)CO)C(=O)CCCn2nncc2CO[C@@H]1CN(C)Cc1ccc(C(F)(F)F)cc1. The molecule has 0 bridgehead atoms. The van der Waals surface area contributed by atoms with Crippen molar-refractivity contribution in [3.8, 4) is 0 Å². The highest BCUT2D eigenvalue weighted by Gasteiger charge is 2.30. The van der Waals surface area contributed by atoms with Crippen molar-refractivity contribution in [3.63, 3.8) is 0 Å². The number of rotatable bonds is 6. The Hall–Kier alpha value is -2.50. The van der Waals surface area contributed by atoms with Gasteiger partial charge in [0, 0.05) is 38.5 Å². The Morgan fingerprint density at radius 3 is 2.66 bits per heavy atom. The number of amides is 1. The van der Waals surface area contributed by atoms with Crippen LogP contribution in [0.4, 0.5) is 13.2 Å². The standard InChI is InChI=1S/C24H34F3N5O3/c1-17-12-31(18(2)15-33)23(34)5-4-10-32-21(11-28-29-32)16-35-22(17)14-30(3)13-19-6-8-20(9-7-19)24(25,26)27/h6-9,11,17-18,22,33H,4-5,10,12-16H2,1-3H3/t17-,18-,22-/m1/s1. The number of alkyl halides is 3. The highest BCUT2D eigenvalue weighted by atomic mass is 19.4. The van der Waals surface area contributed by atoms with Crippen LogP contribution in [-0.2, 0) is 35.4 Å². The summed E-state index contributed by atoms with van der Waals surface area (Å²) in [5, 5.41) is 17.8. The maximum atomic E-state index is 12.9. The van der Waals surface area contributed by atoms with Gasteiger partial charge in [0.15, 0.2) is 0 Å². The van der Waals surface area contributed by atoms with Crippen LogP contribution in [0.2, 0.25) is 0 Å². The molecular formula is C24H34F3N5O3. The lowest BCUT2D eigenvalue weighted by Gasteiger charge is -2.35. The molecule has 0 fully saturated rings. The minimum atomic E-state index is -4.36. The third-order valence-corrected chi connectivity index (χ3v) is 6.37. The van der Waals surface area contributed by atoms with Gasteiger partial charge in [0.25, 0.3) is 0 Å². The molecule has 1 aliphatic heterocycles. The third-order valence-electron chi connectivity index (χ3n) is 6.37. The molecule has 1 aromatic carbocycles. The van der Waals surface area contributed by atoms with Crippen LogP contribution in [0, 0.1) is 5.92 Å². The van der Waals surface area contributed by atoms with E-state index >= 15 is 0 Å². The minimum absolute atomic E-state index is 0.0301. The average molecular weight is 498 g/mol. The highest BCUT2D eigenvalue weighted by molar-refractivity contribution is 5.76. The summed E-state index contributed by atoms with van der Waals surface area (Å²) in [5.41, 5.74) is 0.906. The van der Waals surface area contributed by atoms with Crippen LogP contribution >= 0.6 is 0 Å². The van der Waals surface area contributed by atoms with Crippen LogP contribution in [0.15, 0.2) is 30.5 Å². The number of aliphatic hydroxyl groups excluding tert-OH is 1. The fourth-order valence-electron chi connectivity index (χ4n) is 4.23. The minimum Gasteiger partial charge on any atom is -0.394 e. The van der Waals surface area contributed by atoms with Crippen molar-refractivity contribution < 1.29 is 27.8 Å². The zero-order chi connectivity index (χ0) is 25.6. The van der Waals surface area contributed by atoms with Gasteiger partial charge in [-0.15, -0.1) is 5.10 Å². The summed E-state index contributed by atoms with van der Waals surface area (Å²) in [6, 6.07) is 4.83.